The number of allylic oxidation sites excluding steroid dienone is 4. The maximum Gasteiger partial charge on any atom is 0.330 e. The van der Waals surface area contributed by atoms with E-state index in [4.69, 9.17) is 28.4 Å². The Kier molecular flexibility index (Phi) is 23.9. The molecule has 0 N–H and O–H groups in total. The Morgan fingerprint density at radius 3 is 1.69 bits per heavy atom. The molecule has 14 heteroatoms. The third-order valence-corrected chi connectivity index (χ3v) is 15.7. The highest BCUT2D eigenvalue weighted by Crippen LogP contribution is 2.52. The van der Waals surface area contributed by atoms with Gasteiger partial charge in [0.15, 0.2) is 0 Å². The number of hydrogen-bond donors (Lipinski definition) is 0. The smallest absolute Gasteiger partial charge is 0.330 e. The number of aryl methyl sites for hydroxylation is 1. The van der Waals surface area contributed by atoms with Gasteiger partial charge in [0.2, 0.25) is 0 Å². The molecule has 6 rings (SSSR count). The lowest BCUT2D eigenvalue weighted by Gasteiger charge is -2.26. The third kappa shape index (κ3) is 18.7. The Hall–Kier alpha value is -6.12. The topological polar surface area (TPSA) is 158 Å². The zero-order valence-corrected chi connectivity index (χ0v) is 44.2. The third-order valence-electron chi connectivity index (χ3n) is 13.3. The molecular formula is C60H70O12S2. The number of rotatable bonds is 27. The summed E-state index contributed by atoms with van der Waals surface area (Å²) >= 11 is 3.48. The van der Waals surface area contributed by atoms with Gasteiger partial charge in [-0.15, -0.1) is 0 Å². The fourth-order valence-corrected chi connectivity index (χ4v) is 11.3. The molecule has 3 aromatic carbocycles. The molecule has 12 nitrogen and oxygen atoms in total. The van der Waals surface area contributed by atoms with Crippen molar-refractivity contribution in [2.75, 3.05) is 26.4 Å². The predicted octanol–water partition coefficient (Wildman–Crippen LogP) is 13.3. The molecule has 0 radical (unpaired) electrons. The van der Waals surface area contributed by atoms with Crippen molar-refractivity contribution in [3.8, 4) is 22.6 Å². The fourth-order valence-electron chi connectivity index (χ4n) is 8.96. The van der Waals surface area contributed by atoms with Gasteiger partial charge in [0.1, 0.15) is 11.5 Å². The zero-order chi connectivity index (χ0) is 52.5. The van der Waals surface area contributed by atoms with E-state index in [1.54, 1.807) is 41.7 Å². The molecule has 0 unspecified atom stereocenters. The van der Waals surface area contributed by atoms with Gasteiger partial charge >= 0.3 is 35.8 Å². The largest absolute Gasteiger partial charge is 0.465 e. The molecule has 74 heavy (non-hydrogen) atoms. The van der Waals surface area contributed by atoms with Crippen LogP contribution < -0.4 is 9.47 Å². The minimum Gasteiger partial charge on any atom is -0.465 e. The van der Waals surface area contributed by atoms with Gasteiger partial charge in [-0.2, -0.15) is 0 Å². The summed E-state index contributed by atoms with van der Waals surface area (Å²) in [6, 6.07) is 20.5. The lowest BCUT2D eigenvalue weighted by atomic mass is 9.82. The maximum absolute atomic E-state index is 13.6. The monoisotopic (exact) mass is 1050 g/mol. The van der Waals surface area contributed by atoms with E-state index in [0.29, 0.717) is 94.1 Å². The van der Waals surface area contributed by atoms with E-state index in [9.17, 15) is 28.8 Å². The number of thioether (sulfide) groups is 2. The number of benzene rings is 3. The molecule has 1 aliphatic heterocycles. The number of carbonyl (C=O) groups excluding carboxylic acids is 6. The highest BCUT2D eigenvalue weighted by atomic mass is 32.2. The van der Waals surface area contributed by atoms with Crippen LogP contribution in [0.3, 0.4) is 0 Å². The van der Waals surface area contributed by atoms with Crippen molar-refractivity contribution in [1.82, 2.24) is 0 Å². The second-order valence-corrected chi connectivity index (χ2v) is 21.2. The summed E-state index contributed by atoms with van der Waals surface area (Å²) in [6.45, 7) is 9.88. The minimum absolute atomic E-state index is 0.224. The van der Waals surface area contributed by atoms with Crippen LogP contribution in [0.25, 0.3) is 17.2 Å². The van der Waals surface area contributed by atoms with E-state index in [1.807, 2.05) is 24.3 Å². The van der Waals surface area contributed by atoms with Crippen LogP contribution in [0.5, 0.6) is 11.5 Å². The average molecular weight is 1050 g/mol. The zero-order valence-electron chi connectivity index (χ0n) is 42.6. The van der Waals surface area contributed by atoms with Gasteiger partial charge in [0.25, 0.3) is 0 Å². The molecule has 0 atom stereocenters. The summed E-state index contributed by atoms with van der Waals surface area (Å²) in [7, 11) is 0. The molecule has 2 saturated carbocycles. The van der Waals surface area contributed by atoms with Crippen LogP contribution >= 0.6 is 23.5 Å². The molecule has 3 aliphatic rings. The Labute approximate surface area is 444 Å². The van der Waals surface area contributed by atoms with Crippen LogP contribution in [0.1, 0.15) is 121 Å². The number of ether oxygens (including phenoxy) is 6. The van der Waals surface area contributed by atoms with Crippen LogP contribution in [0.2, 0.25) is 0 Å². The summed E-state index contributed by atoms with van der Waals surface area (Å²) < 4.78 is 33.9. The average Bonchev–Trinajstić information content (AvgIpc) is 3.84. The Balaban J connectivity index is 1.04. The molecule has 0 aromatic heterocycles. The molecule has 2 fully saturated rings. The summed E-state index contributed by atoms with van der Waals surface area (Å²) in [4.78, 5) is 77.5. The normalized spacial score (nSPS) is 18.9. The maximum atomic E-state index is 13.6. The summed E-state index contributed by atoms with van der Waals surface area (Å²) in [5.41, 5.74) is 4.36. The van der Waals surface area contributed by atoms with Gasteiger partial charge in [-0.1, -0.05) is 118 Å². The second kappa shape index (κ2) is 30.9. The lowest BCUT2D eigenvalue weighted by molar-refractivity contribution is -0.152. The van der Waals surface area contributed by atoms with Crippen LogP contribution in [0.4, 0.5) is 0 Å². The Bertz CT molecular complexity index is 2510. The molecular weight excluding hydrogens is 977 g/mol. The lowest BCUT2D eigenvalue weighted by Crippen LogP contribution is -2.30. The number of unbranched alkanes of at least 4 members (excludes halogenated alkanes) is 5. The first kappa shape index (κ1) is 57.2. The van der Waals surface area contributed by atoms with E-state index in [1.165, 1.54) is 52.2 Å². The van der Waals surface area contributed by atoms with Crippen molar-refractivity contribution in [3.05, 3.63) is 126 Å². The van der Waals surface area contributed by atoms with Gasteiger partial charge in [0, 0.05) is 31.7 Å². The van der Waals surface area contributed by atoms with E-state index >= 15 is 0 Å². The van der Waals surface area contributed by atoms with Crippen molar-refractivity contribution in [3.63, 3.8) is 0 Å². The first-order valence-corrected chi connectivity index (χ1v) is 27.8. The summed E-state index contributed by atoms with van der Waals surface area (Å²) in [5, 5.41) is 0. The molecule has 0 amide bonds. The Morgan fingerprint density at radius 2 is 1.09 bits per heavy atom. The molecule has 0 saturated heterocycles. The van der Waals surface area contributed by atoms with E-state index in [2.05, 4.69) is 68.6 Å². The van der Waals surface area contributed by atoms with Gasteiger partial charge in [-0.25, -0.2) is 9.59 Å². The van der Waals surface area contributed by atoms with Crippen molar-refractivity contribution in [2.45, 2.75) is 126 Å². The summed E-state index contributed by atoms with van der Waals surface area (Å²) in [5.74, 6) is -3.17. The van der Waals surface area contributed by atoms with Crippen molar-refractivity contribution in [2.24, 2.45) is 23.7 Å². The molecule has 2 aliphatic carbocycles. The first-order chi connectivity index (χ1) is 36.0. The first-order valence-electron chi connectivity index (χ1n) is 26.2. The van der Waals surface area contributed by atoms with Gasteiger partial charge in [0.05, 0.1) is 50.1 Å². The number of hydrogen-bond acceptors (Lipinski definition) is 14. The second-order valence-electron chi connectivity index (χ2n) is 18.7. The quantitative estimate of drug-likeness (QED) is 0.0177. The highest BCUT2D eigenvalue weighted by Gasteiger charge is 2.34. The van der Waals surface area contributed by atoms with E-state index in [-0.39, 0.29) is 50.2 Å². The Morgan fingerprint density at radius 1 is 0.541 bits per heavy atom. The van der Waals surface area contributed by atoms with Crippen LogP contribution in [0.15, 0.2) is 124 Å². The molecule has 1 heterocycles. The van der Waals surface area contributed by atoms with Gasteiger partial charge < -0.3 is 28.4 Å². The van der Waals surface area contributed by atoms with Crippen LogP contribution in [-0.4, -0.2) is 62.2 Å². The fraction of sp³-hybridized carbons (Fsp3) is 0.433. The molecule has 3 aromatic rings. The molecule has 0 bridgehead atoms. The standard InChI is InChI=1S/C60H70O12S2/c1-4-7-8-10-18-42-19-17-21-47(39-42)48-31-34-52-53(41-48)74-56(73-52)22-12-9-11-20-49-40-50(71-59(65)45-27-23-43(24-28-45)57(63)69-37-15-13-35-67-54(61)5-2)32-33-51(49)72-60(66)46-29-25-44(26-30-46)58(64)70-38-16-14-36-68-55(62)6-3/h5-6,9,11-12,17,19-22,31-34,39-41,43-46H,2-4,7-8,10,13-16,18,23-30,35-38H2,1H3/b12-9+,20-11+,56-22+. The van der Waals surface area contributed by atoms with E-state index < -0.39 is 35.7 Å². The van der Waals surface area contributed by atoms with Crippen molar-refractivity contribution in [1.29, 1.82) is 0 Å². The molecule has 0 spiro atoms. The SMILES string of the molecule is C=CC(=O)OCCCCOC(=O)C1CCC(C(=O)Oc2ccc(OC(=O)C3CCC(C(=O)OCCCCOC(=O)C=C)CC3)c(/C=C/C=C/C=C3\Sc4ccc(-c5cccc(CCCCCC)c5)cc4S3)c2)CC1. The summed E-state index contributed by atoms with van der Waals surface area (Å²) in [6.07, 6.45) is 24.0. The number of fused-ring (bicyclic) bond motifs is 1. The van der Waals surface area contributed by atoms with E-state index in [0.717, 1.165) is 22.8 Å². The van der Waals surface area contributed by atoms with Crippen molar-refractivity contribution < 1.29 is 57.2 Å². The van der Waals surface area contributed by atoms with Gasteiger partial charge in [-0.05, 0) is 143 Å². The number of carbonyl (C=O) groups is 6. The van der Waals surface area contributed by atoms with Crippen LogP contribution in [0, 0.1) is 23.7 Å². The number of esters is 6. The molecule has 394 valence electrons. The predicted molar refractivity (Wildman–Crippen MR) is 289 cm³/mol. The highest BCUT2D eigenvalue weighted by molar-refractivity contribution is 8.24. The van der Waals surface area contributed by atoms with Crippen molar-refractivity contribution >= 4 is 65.4 Å². The minimum atomic E-state index is -0.488. The van der Waals surface area contributed by atoms with Gasteiger partial charge in [-0.3, -0.25) is 19.2 Å². The van der Waals surface area contributed by atoms with Crippen LogP contribution in [-0.2, 0) is 54.1 Å².